The molecule has 1 aromatic carbocycles. The quantitative estimate of drug-likeness (QED) is 0.541. The van der Waals surface area contributed by atoms with Crippen LogP contribution in [0.1, 0.15) is 5.56 Å². The third-order valence-corrected chi connectivity index (χ3v) is 1.33. The van der Waals surface area contributed by atoms with Gasteiger partial charge in [0.15, 0.2) is 0 Å². The zero-order valence-electron chi connectivity index (χ0n) is 5.86. The van der Waals surface area contributed by atoms with Gasteiger partial charge in [0, 0.05) is 0 Å². The van der Waals surface area contributed by atoms with E-state index in [0.717, 1.165) is 5.56 Å². The normalized spacial score (nSPS) is 9.18. The van der Waals surface area contributed by atoms with Gasteiger partial charge in [0.1, 0.15) is 6.61 Å². The second kappa shape index (κ2) is 4.03. The zero-order chi connectivity index (χ0) is 8.10. The van der Waals surface area contributed by atoms with Crippen molar-refractivity contribution in [2.75, 3.05) is 0 Å². The number of rotatable bonds is 2. The van der Waals surface area contributed by atoms with E-state index in [9.17, 15) is 4.79 Å². The summed E-state index contributed by atoms with van der Waals surface area (Å²) >= 11 is 3.47. The van der Waals surface area contributed by atoms with E-state index in [-0.39, 0.29) is 0 Å². The van der Waals surface area contributed by atoms with Crippen LogP contribution in [0.25, 0.3) is 0 Å². The van der Waals surface area contributed by atoms with Gasteiger partial charge in [0.25, 0.3) is 0 Å². The molecule has 0 aliphatic heterocycles. The first-order valence-electron chi connectivity index (χ1n) is 3.18. The molecule has 0 unspecified atom stereocenters. The molecule has 0 heterocycles. The van der Waals surface area contributed by atoms with Gasteiger partial charge in [-0.1, -0.05) is 43.0 Å². The van der Waals surface area contributed by atoms with E-state index in [1.54, 1.807) is 0 Å². The molecule has 0 aliphatic carbocycles. The van der Waals surface area contributed by atoms with Crippen LogP contribution in [0.15, 0.2) is 30.3 Å². The summed E-state index contributed by atoms with van der Waals surface area (Å²) in [6, 6.07) is 9.46. The summed E-state index contributed by atoms with van der Waals surface area (Å²) in [4.78, 5) is 10.3. The summed E-state index contributed by atoms with van der Waals surface area (Å²) in [5, 5.41) is -0.547. The Morgan fingerprint density at radius 2 is 2.00 bits per heavy atom. The number of benzene rings is 1. The lowest BCUT2D eigenvalue weighted by molar-refractivity contribution is 0.169. The van der Waals surface area contributed by atoms with E-state index in [1.807, 2.05) is 30.3 Å². The fraction of sp³-hybridized carbons (Fsp3) is 0.125. The third-order valence-electron chi connectivity index (χ3n) is 1.21. The Bertz CT molecular complexity index is 233. The van der Waals surface area contributed by atoms with Crippen molar-refractivity contribution in [3.63, 3.8) is 0 Å². The minimum atomic E-state index is -0.547. The molecule has 0 saturated heterocycles. The molecule has 0 fully saturated rings. The maximum atomic E-state index is 10.3. The second-order valence-electron chi connectivity index (χ2n) is 2.04. The number of thiol groups is 1. The largest absolute Gasteiger partial charge is 0.453 e. The molecule has 2 nitrogen and oxygen atoms in total. The zero-order valence-corrected chi connectivity index (χ0v) is 6.75. The number of carbonyl (C=O) groups excluding carboxylic acids is 1. The smallest absolute Gasteiger partial charge is 0.364 e. The number of hydrogen-bond acceptors (Lipinski definition) is 2. The molecule has 1 rings (SSSR count). The van der Waals surface area contributed by atoms with Gasteiger partial charge in [-0.05, 0) is 5.56 Å². The first-order valence-corrected chi connectivity index (χ1v) is 3.63. The molecule has 0 atom stereocenters. The topological polar surface area (TPSA) is 26.3 Å². The monoisotopic (exact) mass is 168 g/mol. The number of ether oxygens (including phenoxy) is 1. The van der Waals surface area contributed by atoms with Crippen LogP contribution in [0.2, 0.25) is 0 Å². The van der Waals surface area contributed by atoms with E-state index in [0.29, 0.717) is 6.61 Å². The first-order chi connectivity index (χ1) is 5.29. The second-order valence-corrected chi connectivity index (χ2v) is 2.41. The predicted octanol–water partition coefficient (Wildman–Crippen LogP) is 2.25. The molecular weight excluding hydrogens is 160 g/mol. The number of carbonyl (C=O) groups is 1. The molecule has 0 spiro atoms. The minimum absolute atomic E-state index is 0.295. The molecule has 0 aliphatic rings. The van der Waals surface area contributed by atoms with Crippen molar-refractivity contribution in [3.8, 4) is 0 Å². The van der Waals surface area contributed by atoms with E-state index in [2.05, 4.69) is 17.4 Å². The van der Waals surface area contributed by atoms with Crippen molar-refractivity contribution in [1.82, 2.24) is 0 Å². The SMILES string of the molecule is O=C(S)OCc1ccccc1. The maximum Gasteiger partial charge on any atom is 0.364 e. The highest BCUT2D eigenvalue weighted by Crippen LogP contribution is 2.01. The van der Waals surface area contributed by atoms with Gasteiger partial charge in [-0.15, -0.1) is 0 Å². The Kier molecular flexibility index (Phi) is 2.98. The fourth-order valence-corrected chi connectivity index (χ4v) is 0.784. The summed E-state index contributed by atoms with van der Waals surface area (Å²) in [6.07, 6.45) is 0. The summed E-state index contributed by atoms with van der Waals surface area (Å²) in [5.74, 6) is 0. The molecule has 0 saturated carbocycles. The van der Waals surface area contributed by atoms with E-state index < -0.39 is 5.30 Å². The lowest BCUT2D eigenvalue weighted by Crippen LogP contribution is -1.93. The maximum absolute atomic E-state index is 10.3. The van der Waals surface area contributed by atoms with Crippen molar-refractivity contribution < 1.29 is 9.53 Å². The highest BCUT2D eigenvalue weighted by atomic mass is 32.1. The van der Waals surface area contributed by atoms with Crippen molar-refractivity contribution >= 4 is 17.9 Å². The van der Waals surface area contributed by atoms with Crippen molar-refractivity contribution in [3.05, 3.63) is 35.9 Å². The Morgan fingerprint density at radius 3 is 2.55 bits per heavy atom. The van der Waals surface area contributed by atoms with Gasteiger partial charge in [0.05, 0.1) is 0 Å². The summed E-state index contributed by atoms with van der Waals surface area (Å²) in [6.45, 7) is 0.295. The van der Waals surface area contributed by atoms with Gasteiger partial charge in [-0.3, -0.25) is 0 Å². The van der Waals surface area contributed by atoms with Gasteiger partial charge >= 0.3 is 5.30 Å². The lowest BCUT2D eigenvalue weighted by atomic mass is 10.2. The van der Waals surface area contributed by atoms with E-state index >= 15 is 0 Å². The fourth-order valence-electron chi connectivity index (χ4n) is 0.719. The molecule has 0 amide bonds. The Labute approximate surface area is 70.6 Å². The van der Waals surface area contributed by atoms with E-state index in [4.69, 9.17) is 0 Å². The van der Waals surface area contributed by atoms with Gasteiger partial charge < -0.3 is 4.74 Å². The van der Waals surface area contributed by atoms with Crippen molar-refractivity contribution in [1.29, 1.82) is 0 Å². The molecule has 0 N–H and O–H groups in total. The molecule has 1 aromatic rings. The van der Waals surface area contributed by atoms with Crippen LogP contribution in [0, 0.1) is 0 Å². The highest BCUT2D eigenvalue weighted by molar-refractivity contribution is 7.96. The van der Waals surface area contributed by atoms with Crippen LogP contribution in [0.4, 0.5) is 4.79 Å². The van der Waals surface area contributed by atoms with Crippen molar-refractivity contribution in [2.24, 2.45) is 0 Å². The standard InChI is InChI=1S/C8H8O2S/c9-8(11)10-6-7-4-2-1-3-5-7/h1-5H,6H2,(H,9,11). The lowest BCUT2D eigenvalue weighted by Gasteiger charge is -1.99. The highest BCUT2D eigenvalue weighted by Gasteiger charge is 1.93. The average Bonchev–Trinajstić information content (AvgIpc) is 2.03. The number of hydrogen-bond donors (Lipinski definition) is 1. The van der Waals surface area contributed by atoms with Crippen LogP contribution >= 0.6 is 12.6 Å². The predicted molar refractivity (Wildman–Crippen MR) is 45.6 cm³/mol. The van der Waals surface area contributed by atoms with Gasteiger partial charge in [0.2, 0.25) is 0 Å². The van der Waals surface area contributed by atoms with Gasteiger partial charge in [-0.25, -0.2) is 4.79 Å². The van der Waals surface area contributed by atoms with Crippen LogP contribution < -0.4 is 0 Å². The third kappa shape index (κ3) is 3.09. The molecule has 11 heavy (non-hydrogen) atoms. The molecule has 0 radical (unpaired) electrons. The van der Waals surface area contributed by atoms with Crippen LogP contribution in [-0.2, 0) is 11.3 Å². The Balaban J connectivity index is 2.45. The minimum Gasteiger partial charge on any atom is -0.453 e. The average molecular weight is 168 g/mol. The van der Waals surface area contributed by atoms with Gasteiger partial charge in [-0.2, -0.15) is 0 Å². The van der Waals surface area contributed by atoms with Crippen LogP contribution in [0.5, 0.6) is 0 Å². The van der Waals surface area contributed by atoms with E-state index in [1.165, 1.54) is 0 Å². The first kappa shape index (κ1) is 8.14. The van der Waals surface area contributed by atoms with Crippen LogP contribution in [-0.4, -0.2) is 5.30 Å². The molecule has 58 valence electrons. The summed E-state index contributed by atoms with van der Waals surface area (Å²) < 4.78 is 4.65. The molecule has 0 bridgehead atoms. The Hall–Kier alpha value is -0.960. The molecule has 0 aromatic heterocycles. The Morgan fingerprint density at radius 1 is 1.36 bits per heavy atom. The summed E-state index contributed by atoms with van der Waals surface area (Å²) in [5.41, 5.74) is 0.968. The summed E-state index contributed by atoms with van der Waals surface area (Å²) in [7, 11) is 0. The van der Waals surface area contributed by atoms with Crippen LogP contribution in [0.3, 0.4) is 0 Å². The molecule has 3 heteroatoms. The van der Waals surface area contributed by atoms with Crippen molar-refractivity contribution in [2.45, 2.75) is 6.61 Å². The molecular formula is C8H8O2S.